The highest BCUT2D eigenvalue weighted by molar-refractivity contribution is 7.71. The molecule has 20 heavy (non-hydrogen) atoms. The fourth-order valence-corrected chi connectivity index (χ4v) is 2.84. The molecule has 0 bridgehead atoms. The molecule has 0 spiro atoms. The van der Waals surface area contributed by atoms with Crippen LogP contribution >= 0.6 is 23.8 Å². The molecule has 1 heterocycles. The summed E-state index contributed by atoms with van der Waals surface area (Å²) in [5.74, 6) is 0.636. The minimum atomic E-state index is -0.490. The molecule has 6 heteroatoms. The van der Waals surface area contributed by atoms with Crippen LogP contribution in [0.3, 0.4) is 0 Å². The number of hydrogen-bond acceptors (Lipinski definition) is 3. The zero-order valence-electron chi connectivity index (χ0n) is 10.9. The Kier molecular flexibility index (Phi) is 3.92. The van der Waals surface area contributed by atoms with Crippen LogP contribution in [-0.2, 0) is 0 Å². The maximum atomic E-state index is 10.6. The normalized spacial score (nSPS) is 17.9. The van der Waals surface area contributed by atoms with Gasteiger partial charge in [0.15, 0.2) is 0 Å². The van der Waals surface area contributed by atoms with Crippen LogP contribution in [0.4, 0.5) is 0 Å². The summed E-state index contributed by atoms with van der Waals surface area (Å²) in [6.45, 7) is 0. The van der Waals surface area contributed by atoms with E-state index in [9.17, 15) is 5.11 Å². The van der Waals surface area contributed by atoms with Gasteiger partial charge in [-0.3, -0.25) is 9.78 Å². The van der Waals surface area contributed by atoms with E-state index in [0.29, 0.717) is 15.7 Å². The van der Waals surface area contributed by atoms with E-state index >= 15 is 0 Å². The van der Waals surface area contributed by atoms with E-state index < -0.39 is 6.10 Å². The minimum Gasteiger partial charge on any atom is -0.391 e. The molecule has 0 radical (unpaired) electrons. The smallest absolute Gasteiger partial charge is 0.216 e. The summed E-state index contributed by atoms with van der Waals surface area (Å²) < 4.78 is 2.19. The Bertz CT molecular complexity index is 632. The highest BCUT2D eigenvalue weighted by Gasteiger charge is 2.31. The summed E-state index contributed by atoms with van der Waals surface area (Å²) in [5.41, 5.74) is 0.975. The Morgan fingerprint density at radius 2 is 2.10 bits per heavy atom. The maximum Gasteiger partial charge on any atom is 0.216 e. The molecule has 1 aliphatic carbocycles. The highest BCUT2D eigenvalue weighted by atomic mass is 35.5. The highest BCUT2D eigenvalue weighted by Crippen LogP contribution is 2.37. The number of benzene rings is 1. The van der Waals surface area contributed by atoms with Crippen molar-refractivity contribution < 1.29 is 5.11 Å². The fourth-order valence-electron chi connectivity index (χ4n) is 2.49. The van der Waals surface area contributed by atoms with Crippen LogP contribution in [0.15, 0.2) is 30.6 Å². The molecule has 2 N–H and O–H groups in total. The number of hydrogen-bond donors (Lipinski definition) is 2. The standard InChI is InChI=1S/C14H16ClN3OS/c15-11-5-3-10(4-6-11)13(12(19)7-9-1-2-9)18-14(20)16-8-17-18/h3-6,8-9,12-13,19H,1-2,7H2,(H,16,17,20). The molecule has 1 fully saturated rings. The molecule has 1 aliphatic rings. The lowest BCUT2D eigenvalue weighted by Crippen LogP contribution is -2.27. The van der Waals surface area contributed by atoms with Crippen molar-refractivity contribution in [2.45, 2.75) is 31.4 Å². The third-order valence-electron chi connectivity index (χ3n) is 3.70. The summed E-state index contributed by atoms with van der Waals surface area (Å²) in [4.78, 5) is 4.04. The summed E-state index contributed by atoms with van der Waals surface area (Å²) in [7, 11) is 0. The molecule has 1 aromatic heterocycles. The quantitative estimate of drug-likeness (QED) is 0.833. The summed E-state index contributed by atoms with van der Waals surface area (Å²) in [6.07, 6.45) is 4.26. The van der Waals surface area contributed by atoms with E-state index in [4.69, 9.17) is 23.8 Å². The number of rotatable bonds is 5. The predicted octanol–water partition coefficient (Wildman–Crippen LogP) is 3.34. The van der Waals surface area contributed by atoms with Crippen molar-refractivity contribution in [3.05, 3.63) is 45.9 Å². The Hall–Kier alpha value is -1.17. The van der Waals surface area contributed by atoms with Crippen molar-refractivity contribution in [3.63, 3.8) is 0 Å². The predicted molar refractivity (Wildman–Crippen MR) is 80.4 cm³/mol. The second-order valence-electron chi connectivity index (χ2n) is 5.28. The van der Waals surface area contributed by atoms with Gasteiger partial charge in [0.25, 0.3) is 0 Å². The van der Waals surface area contributed by atoms with Crippen LogP contribution in [0.25, 0.3) is 0 Å². The number of aromatic amines is 1. The van der Waals surface area contributed by atoms with Gasteiger partial charge < -0.3 is 5.11 Å². The van der Waals surface area contributed by atoms with Crippen LogP contribution in [0.1, 0.15) is 30.9 Å². The Morgan fingerprint density at radius 1 is 1.40 bits per heavy atom. The molecule has 2 unspecified atom stereocenters. The molecule has 4 nitrogen and oxygen atoms in total. The van der Waals surface area contributed by atoms with Crippen molar-refractivity contribution in [2.75, 3.05) is 0 Å². The van der Waals surface area contributed by atoms with Gasteiger partial charge in [0.2, 0.25) is 4.77 Å². The molecule has 0 amide bonds. The first kappa shape index (κ1) is 13.8. The van der Waals surface area contributed by atoms with Gasteiger partial charge in [-0.2, -0.15) is 0 Å². The topological polar surface area (TPSA) is 53.8 Å². The van der Waals surface area contributed by atoms with E-state index in [1.54, 1.807) is 11.0 Å². The number of aliphatic hydroxyl groups excluding tert-OH is 1. The number of aliphatic hydroxyl groups is 1. The molecular weight excluding hydrogens is 294 g/mol. The average Bonchev–Trinajstić information content (AvgIpc) is 3.14. The van der Waals surface area contributed by atoms with Gasteiger partial charge in [-0.1, -0.05) is 36.6 Å². The van der Waals surface area contributed by atoms with Gasteiger partial charge in [-0.05, 0) is 42.3 Å². The molecule has 0 saturated heterocycles. The summed E-state index contributed by atoms with van der Waals surface area (Å²) >= 11 is 11.2. The number of H-pyrrole nitrogens is 1. The fraction of sp³-hybridized carbons (Fsp3) is 0.429. The van der Waals surface area contributed by atoms with Gasteiger partial charge >= 0.3 is 0 Å². The monoisotopic (exact) mass is 309 g/mol. The second-order valence-corrected chi connectivity index (χ2v) is 6.08. The molecule has 2 atom stereocenters. The van der Waals surface area contributed by atoms with E-state index in [-0.39, 0.29) is 6.04 Å². The zero-order valence-corrected chi connectivity index (χ0v) is 12.4. The molecule has 2 aromatic rings. The summed E-state index contributed by atoms with van der Waals surface area (Å²) in [5, 5.41) is 14.3. The number of nitrogens with zero attached hydrogens (tertiary/aromatic N) is 2. The van der Waals surface area contributed by atoms with Crippen LogP contribution in [0.5, 0.6) is 0 Å². The first-order valence-corrected chi connectivity index (χ1v) is 7.49. The molecule has 0 aliphatic heterocycles. The van der Waals surface area contributed by atoms with Crippen molar-refractivity contribution >= 4 is 23.8 Å². The summed E-state index contributed by atoms with van der Waals surface area (Å²) in [6, 6.07) is 7.25. The van der Waals surface area contributed by atoms with Crippen LogP contribution in [-0.4, -0.2) is 26.0 Å². The number of halogens is 1. The van der Waals surface area contributed by atoms with E-state index in [0.717, 1.165) is 12.0 Å². The molecule has 106 valence electrons. The lowest BCUT2D eigenvalue weighted by molar-refractivity contribution is 0.109. The maximum absolute atomic E-state index is 10.6. The number of aromatic nitrogens is 3. The van der Waals surface area contributed by atoms with Gasteiger partial charge in [0, 0.05) is 5.02 Å². The van der Waals surface area contributed by atoms with Gasteiger partial charge in [0.1, 0.15) is 12.4 Å². The van der Waals surface area contributed by atoms with E-state index in [1.165, 1.54) is 12.8 Å². The Balaban J connectivity index is 1.95. The van der Waals surface area contributed by atoms with Crippen molar-refractivity contribution in [3.8, 4) is 0 Å². The molecule has 3 rings (SSSR count). The minimum absolute atomic E-state index is 0.247. The number of nitrogens with one attached hydrogen (secondary N) is 1. The third-order valence-corrected chi connectivity index (χ3v) is 4.26. The second kappa shape index (κ2) is 5.68. The third kappa shape index (κ3) is 2.95. The van der Waals surface area contributed by atoms with Gasteiger partial charge in [-0.15, -0.1) is 0 Å². The van der Waals surface area contributed by atoms with Crippen molar-refractivity contribution in [1.29, 1.82) is 0 Å². The zero-order chi connectivity index (χ0) is 14.1. The Labute approximate surface area is 127 Å². The SMILES string of the molecule is OC(CC1CC1)C(c1ccc(Cl)cc1)n1[nH]cnc1=S. The van der Waals surface area contributed by atoms with Gasteiger partial charge in [0.05, 0.1) is 6.10 Å². The first-order chi connectivity index (χ1) is 9.65. The average molecular weight is 310 g/mol. The lowest BCUT2D eigenvalue weighted by Gasteiger charge is -2.24. The van der Waals surface area contributed by atoms with Crippen LogP contribution in [0, 0.1) is 10.7 Å². The largest absolute Gasteiger partial charge is 0.391 e. The van der Waals surface area contributed by atoms with E-state index in [1.807, 2.05) is 24.3 Å². The lowest BCUT2D eigenvalue weighted by atomic mass is 9.98. The molecule has 1 saturated carbocycles. The van der Waals surface area contributed by atoms with Crippen LogP contribution in [0.2, 0.25) is 5.02 Å². The molecule has 1 aromatic carbocycles. The molecular formula is C14H16ClN3OS. The Morgan fingerprint density at radius 3 is 2.65 bits per heavy atom. The van der Waals surface area contributed by atoms with Crippen molar-refractivity contribution in [2.24, 2.45) is 5.92 Å². The van der Waals surface area contributed by atoms with Crippen LogP contribution < -0.4 is 0 Å². The first-order valence-electron chi connectivity index (χ1n) is 6.70. The van der Waals surface area contributed by atoms with Gasteiger partial charge in [-0.25, -0.2) is 4.98 Å². The van der Waals surface area contributed by atoms with E-state index in [2.05, 4.69) is 10.1 Å². The van der Waals surface area contributed by atoms with Crippen molar-refractivity contribution in [1.82, 2.24) is 14.8 Å².